The van der Waals surface area contributed by atoms with Gasteiger partial charge in [0.1, 0.15) is 5.69 Å². The molecule has 0 bridgehead atoms. The maximum atomic E-state index is 10.5. The highest BCUT2D eigenvalue weighted by Gasteiger charge is 2.08. The first kappa shape index (κ1) is 7.78. The first-order valence-corrected chi connectivity index (χ1v) is 3.48. The molecule has 4 heteroatoms. The van der Waals surface area contributed by atoms with Gasteiger partial charge in [0.15, 0.2) is 6.29 Å². The van der Waals surface area contributed by atoms with Crippen molar-refractivity contribution in [3.8, 4) is 0 Å². The van der Waals surface area contributed by atoms with Gasteiger partial charge in [0, 0.05) is 6.54 Å². The van der Waals surface area contributed by atoms with Crippen molar-refractivity contribution in [3.63, 3.8) is 0 Å². The zero-order valence-electron chi connectivity index (χ0n) is 6.66. The third-order valence-electron chi connectivity index (χ3n) is 1.63. The summed E-state index contributed by atoms with van der Waals surface area (Å²) in [7, 11) is 0. The Kier molecular flexibility index (Phi) is 1.94. The van der Waals surface area contributed by atoms with Crippen LogP contribution in [0.1, 0.15) is 23.1 Å². The van der Waals surface area contributed by atoms with Gasteiger partial charge in [-0.2, -0.15) is 5.10 Å². The second kappa shape index (κ2) is 2.74. The Balaban J connectivity index is 3.26. The van der Waals surface area contributed by atoms with Crippen molar-refractivity contribution in [3.05, 3.63) is 11.4 Å². The summed E-state index contributed by atoms with van der Waals surface area (Å²) < 4.78 is 1.59. The van der Waals surface area contributed by atoms with Gasteiger partial charge in [0.2, 0.25) is 0 Å². The molecule has 1 aromatic rings. The second-order valence-corrected chi connectivity index (χ2v) is 2.32. The van der Waals surface area contributed by atoms with Crippen LogP contribution >= 0.6 is 0 Å². The molecule has 11 heavy (non-hydrogen) atoms. The number of hydrogen-bond acceptors (Lipinski definition) is 3. The lowest BCUT2D eigenvalue weighted by Gasteiger charge is -1.95. The molecule has 0 fully saturated rings. The summed E-state index contributed by atoms with van der Waals surface area (Å²) >= 11 is 0. The Morgan fingerprint density at radius 3 is 2.73 bits per heavy atom. The summed E-state index contributed by atoms with van der Waals surface area (Å²) in [5.74, 6) is 0. The molecule has 0 saturated heterocycles. The van der Waals surface area contributed by atoms with Crippen LogP contribution in [0.15, 0.2) is 0 Å². The monoisotopic (exact) mass is 153 g/mol. The smallest absolute Gasteiger partial charge is 0.170 e. The number of nitrogens with two attached hydrogens (primary N) is 1. The van der Waals surface area contributed by atoms with E-state index >= 15 is 0 Å². The maximum Gasteiger partial charge on any atom is 0.170 e. The molecule has 0 atom stereocenters. The standard InChI is InChI=1S/C7H11N3O/c1-3-10-6(4-11)7(8)5(2)9-10/h4H,3,8H2,1-2H3. The molecule has 0 radical (unpaired) electrons. The number of carbonyl (C=O) groups is 1. The quantitative estimate of drug-likeness (QED) is 0.633. The van der Waals surface area contributed by atoms with Crippen LogP contribution in [0.2, 0.25) is 0 Å². The van der Waals surface area contributed by atoms with E-state index in [0.717, 1.165) is 6.29 Å². The summed E-state index contributed by atoms with van der Waals surface area (Å²) in [6.45, 7) is 4.37. The van der Waals surface area contributed by atoms with Crippen LogP contribution in [0.25, 0.3) is 0 Å². The molecule has 0 aliphatic rings. The van der Waals surface area contributed by atoms with Gasteiger partial charge in [-0.3, -0.25) is 9.48 Å². The fraction of sp³-hybridized carbons (Fsp3) is 0.429. The number of nitrogens with zero attached hydrogens (tertiary/aromatic N) is 2. The highest BCUT2D eigenvalue weighted by molar-refractivity contribution is 5.81. The summed E-state index contributed by atoms with van der Waals surface area (Å²) in [4.78, 5) is 10.5. The van der Waals surface area contributed by atoms with E-state index in [0.29, 0.717) is 23.6 Å². The summed E-state index contributed by atoms with van der Waals surface area (Å²) in [5, 5.41) is 4.06. The molecule has 0 amide bonds. The lowest BCUT2D eigenvalue weighted by molar-refractivity contribution is 0.111. The number of aryl methyl sites for hydroxylation is 2. The van der Waals surface area contributed by atoms with Crippen LogP contribution in [0.3, 0.4) is 0 Å². The molecular formula is C7H11N3O. The van der Waals surface area contributed by atoms with E-state index < -0.39 is 0 Å². The molecular weight excluding hydrogens is 142 g/mol. The van der Waals surface area contributed by atoms with Gasteiger partial charge in [-0.15, -0.1) is 0 Å². The van der Waals surface area contributed by atoms with E-state index in [1.54, 1.807) is 11.6 Å². The van der Waals surface area contributed by atoms with Gasteiger partial charge < -0.3 is 5.73 Å². The molecule has 4 nitrogen and oxygen atoms in total. The van der Waals surface area contributed by atoms with E-state index in [2.05, 4.69) is 5.10 Å². The van der Waals surface area contributed by atoms with Gasteiger partial charge in [0.05, 0.1) is 11.4 Å². The summed E-state index contributed by atoms with van der Waals surface area (Å²) in [6, 6.07) is 0. The Labute approximate surface area is 65.0 Å². The Bertz CT molecular complexity index is 277. The van der Waals surface area contributed by atoms with Crippen LogP contribution in [0.5, 0.6) is 0 Å². The highest BCUT2D eigenvalue weighted by atomic mass is 16.1. The normalized spacial score (nSPS) is 10.0. The van der Waals surface area contributed by atoms with Crippen LogP contribution in [0, 0.1) is 6.92 Å². The molecule has 1 aromatic heterocycles. The van der Waals surface area contributed by atoms with Crippen molar-refractivity contribution >= 4 is 12.0 Å². The third-order valence-corrected chi connectivity index (χ3v) is 1.63. The third kappa shape index (κ3) is 1.11. The maximum absolute atomic E-state index is 10.5. The fourth-order valence-electron chi connectivity index (χ4n) is 0.979. The number of aldehydes is 1. The lowest BCUT2D eigenvalue weighted by Crippen LogP contribution is -2.02. The van der Waals surface area contributed by atoms with E-state index in [9.17, 15) is 4.79 Å². The minimum atomic E-state index is 0.477. The van der Waals surface area contributed by atoms with Crippen molar-refractivity contribution in [1.29, 1.82) is 0 Å². The summed E-state index contributed by atoms with van der Waals surface area (Å²) in [5.41, 5.74) is 7.26. The number of rotatable bonds is 2. The topological polar surface area (TPSA) is 60.9 Å². The first-order chi connectivity index (χ1) is 5.20. The zero-order valence-corrected chi connectivity index (χ0v) is 6.66. The highest BCUT2D eigenvalue weighted by Crippen LogP contribution is 2.13. The molecule has 0 unspecified atom stereocenters. The van der Waals surface area contributed by atoms with Crippen molar-refractivity contribution in [2.75, 3.05) is 5.73 Å². The van der Waals surface area contributed by atoms with Crippen molar-refractivity contribution in [2.24, 2.45) is 0 Å². The number of carbonyl (C=O) groups excluding carboxylic acids is 1. The van der Waals surface area contributed by atoms with E-state index in [1.807, 2.05) is 6.92 Å². The molecule has 0 saturated carbocycles. The number of nitrogen functional groups attached to an aromatic ring is 1. The second-order valence-electron chi connectivity index (χ2n) is 2.32. The van der Waals surface area contributed by atoms with Gasteiger partial charge in [-0.25, -0.2) is 0 Å². The minimum Gasteiger partial charge on any atom is -0.395 e. The van der Waals surface area contributed by atoms with Crippen molar-refractivity contribution < 1.29 is 4.79 Å². The van der Waals surface area contributed by atoms with Crippen LogP contribution in [0.4, 0.5) is 5.69 Å². The van der Waals surface area contributed by atoms with Crippen molar-refractivity contribution in [1.82, 2.24) is 9.78 Å². The molecule has 2 N–H and O–H groups in total. The van der Waals surface area contributed by atoms with E-state index in [-0.39, 0.29) is 0 Å². The lowest BCUT2D eigenvalue weighted by atomic mass is 10.3. The predicted molar refractivity (Wildman–Crippen MR) is 42.4 cm³/mol. The summed E-state index contributed by atoms with van der Waals surface area (Å²) in [6.07, 6.45) is 0.735. The average Bonchev–Trinajstić information content (AvgIpc) is 2.28. The Morgan fingerprint density at radius 2 is 2.36 bits per heavy atom. The number of hydrogen-bond donors (Lipinski definition) is 1. The van der Waals surface area contributed by atoms with E-state index in [1.165, 1.54) is 0 Å². The van der Waals surface area contributed by atoms with Gasteiger partial charge >= 0.3 is 0 Å². The molecule has 0 spiro atoms. The zero-order chi connectivity index (χ0) is 8.43. The molecule has 60 valence electrons. The van der Waals surface area contributed by atoms with Crippen LogP contribution in [-0.2, 0) is 6.54 Å². The predicted octanol–water partition coefficient (Wildman–Crippen LogP) is 0.606. The largest absolute Gasteiger partial charge is 0.395 e. The molecule has 1 rings (SSSR count). The number of aromatic nitrogens is 2. The Hall–Kier alpha value is -1.32. The number of anilines is 1. The fourth-order valence-corrected chi connectivity index (χ4v) is 0.979. The van der Waals surface area contributed by atoms with Crippen LogP contribution < -0.4 is 5.73 Å². The van der Waals surface area contributed by atoms with Gasteiger partial charge in [0.25, 0.3) is 0 Å². The average molecular weight is 153 g/mol. The van der Waals surface area contributed by atoms with Gasteiger partial charge in [-0.1, -0.05) is 0 Å². The van der Waals surface area contributed by atoms with Gasteiger partial charge in [-0.05, 0) is 13.8 Å². The molecule has 0 aliphatic carbocycles. The van der Waals surface area contributed by atoms with Crippen molar-refractivity contribution in [2.45, 2.75) is 20.4 Å². The van der Waals surface area contributed by atoms with Crippen LogP contribution in [-0.4, -0.2) is 16.1 Å². The Morgan fingerprint density at radius 1 is 1.73 bits per heavy atom. The molecule has 1 heterocycles. The molecule has 0 aromatic carbocycles. The molecule has 0 aliphatic heterocycles. The minimum absolute atomic E-state index is 0.477. The SMILES string of the molecule is CCn1nc(C)c(N)c1C=O. The first-order valence-electron chi connectivity index (χ1n) is 3.48. The van der Waals surface area contributed by atoms with E-state index in [4.69, 9.17) is 5.73 Å².